The Morgan fingerprint density at radius 3 is 2.59 bits per heavy atom. The summed E-state index contributed by atoms with van der Waals surface area (Å²) < 4.78 is 6.33. The number of ether oxygens (including phenoxy) is 1. The molecule has 0 saturated carbocycles. The summed E-state index contributed by atoms with van der Waals surface area (Å²) in [6.07, 6.45) is 0. The molecule has 0 radical (unpaired) electrons. The van der Waals surface area contributed by atoms with Crippen molar-refractivity contribution in [2.45, 2.75) is 6.54 Å². The lowest BCUT2D eigenvalue weighted by Gasteiger charge is -2.19. The van der Waals surface area contributed by atoms with Crippen LogP contribution in [0.1, 0.15) is 5.56 Å². The lowest BCUT2D eigenvalue weighted by molar-refractivity contribution is -0.119. The number of nitrogens with zero attached hydrogens (tertiary/aromatic N) is 4. The molecule has 0 fully saturated rings. The summed E-state index contributed by atoms with van der Waals surface area (Å²) in [4.78, 5) is 27.5. The van der Waals surface area contributed by atoms with Gasteiger partial charge in [-0.2, -0.15) is 10.4 Å². The van der Waals surface area contributed by atoms with Gasteiger partial charge in [0.2, 0.25) is 5.91 Å². The van der Waals surface area contributed by atoms with Crippen molar-refractivity contribution in [2.75, 3.05) is 19.1 Å². The molecule has 0 aliphatic heterocycles. The average molecular weight is 456 g/mol. The highest BCUT2D eigenvalue weighted by atomic mass is 16.5. The number of carbonyl (C=O) groups is 1. The molecule has 0 saturated heterocycles. The van der Waals surface area contributed by atoms with E-state index in [2.05, 4.69) is 11.2 Å². The van der Waals surface area contributed by atoms with Gasteiger partial charge < -0.3 is 19.8 Å². The van der Waals surface area contributed by atoms with Crippen LogP contribution in [0.2, 0.25) is 0 Å². The number of rotatable bonds is 5. The van der Waals surface area contributed by atoms with Gasteiger partial charge in [0.15, 0.2) is 11.5 Å². The molecule has 3 aromatic carbocycles. The molecule has 170 valence electrons. The Balaban J connectivity index is 1.82. The lowest BCUT2D eigenvalue weighted by Crippen LogP contribution is -2.35. The van der Waals surface area contributed by atoms with Gasteiger partial charge in [0.1, 0.15) is 12.3 Å². The second kappa shape index (κ2) is 8.96. The van der Waals surface area contributed by atoms with Crippen molar-refractivity contribution >= 4 is 22.4 Å². The monoisotopic (exact) mass is 456 g/mol. The number of phenolic OH excluding ortho intramolecular Hbond substituents is 2. The van der Waals surface area contributed by atoms with E-state index >= 15 is 0 Å². The first-order valence-corrected chi connectivity index (χ1v) is 10.2. The molecule has 0 atom stereocenters. The quantitative estimate of drug-likeness (QED) is 0.442. The van der Waals surface area contributed by atoms with Gasteiger partial charge >= 0.3 is 0 Å². The van der Waals surface area contributed by atoms with Crippen LogP contribution < -0.4 is 15.2 Å². The van der Waals surface area contributed by atoms with E-state index in [4.69, 9.17) is 4.74 Å². The third kappa shape index (κ3) is 4.12. The van der Waals surface area contributed by atoms with Gasteiger partial charge in [-0.3, -0.25) is 9.59 Å². The molecule has 4 aromatic rings. The van der Waals surface area contributed by atoms with Crippen molar-refractivity contribution in [3.63, 3.8) is 0 Å². The van der Waals surface area contributed by atoms with Gasteiger partial charge in [-0.05, 0) is 42.5 Å². The van der Waals surface area contributed by atoms with E-state index in [0.717, 1.165) is 4.68 Å². The topological polar surface area (TPSA) is 129 Å². The van der Waals surface area contributed by atoms with Crippen LogP contribution >= 0.6 is 0 Å². The minimum Gasteiger partial charge on any atom is -0.504 e. The van der Waals surface area contributed by atoms with Gasteiger partial charge in [0, 0.05) is 29.8 Å². The molecule has 1 aromatic heterocycles. The molecule has 0 bridgehead atoms. The maximum Gasteiger partial charge on any atom is 0.275 e. The molecule has 9 heteroatoms. The first-order valence-electron chi connectivity index (χ1n) is 10.2. The summed E-state index contributed by atoms with van der Waals surface area (Å²) >= 11 is 0. The minimum absolute atomic E-state index is 0.310. The fraction of sp³-hybridized carbons (Fsp3) is 0.120. The van der Waals surface area contributed by atoms with Crippen LogP contribution in [-0.2, 0) is 11.3 Å². The second-order valence-electron chi connectivity index (χ2n) is 7.54. The number of aromatic nitrogens is 2. The number of methoxy groups -OCH3 is 1. The van der Waals surface area contributed by atoms with Crippen molar-refractivity contribution in [3.8, 4) is 34.6 Å². The maximum atomic E-state index is 13.2. The molecule has 0 spiro atoms. The van der Waals surface area contributed by atoms with Crippen molar-refractivity contribution in [2.24, 2.45) is 0 Å². The summed E-state index contributed by atoms with van der Waals surface area (Å²) in [5, 5.41) is 33.9. The fourth-order valence-electron chi connectivity index (χ4n) is 3.55. The number of nitriles is 1. The molecular weight excluding hydrogens is 436 g/mol. The first-order chi connectivity index (χ1) is 16.3. The van der Waals surface area contributed by atoms with Crippen LogP contribution in [-0.4, -0.2) is 40.1 Å². The summed E-state index contributed by atoms with van der Waals surface area (Å²) in [6, 6.07) is 17.9. The number of amides is 1. The van der Waals surface area contributed by atoms with E-state index < -0.39 is 11.5 Å². The zero-order valence-corrected chi connectivity index (χ0v) is 18.4. The summed E-state index contributed by atoms with van der Waals surface area (Å²) in [5.74, 6) is -0.680. The zero-order valence-electron chi connectivity index (χ0n) is 18.4. The van der Waals surface area contributed by atoms with Crippen LogP contribution in [0.3, 0.4) is 0 Å². The summed E-state index contributed by atoms with van der Waals surface area (Å²) in [6.45, 7) is -0.380. The van der Waals surface area contributed by atoms with Gasteiger partial charge in [0.25, 0.3) is 5.56 Å². The predicted octanol–water partition coefficient (Wildman–Crippen LogP) is 3.02. The number of carbonyl (C=O) groups excluding carboxylic acids is 1. The van der Waals surface area contributed by atoms with Crippen LogP contribution in [0, 0.1) is 11.3 Å². The Morgan fingerprint density at radius 2 is 1.88 bits per heavy atom. The normalized spacial score (nSPS) is 10.6. The van der Waals surface area contributed by atoms with E-state index in [-0.39, 0.29) is 18.0 Å². The molecule has 4 rings (SSSR count). The number of phenols is 2. The smallest absolute Gasteiger partial charge is 0.275 e. The fourth-order valence-corrected chi connectivity index (χ4v) is 3.55. The highest BCUT2D eigenvalue weighted by Crippen LogP contribution is 2.30. The van der Waals surface area contributed by atoms with Gasteiger partial charge in [0.05, 0.1) is 29.8 Å². The number of aromatic hydroxyl groups is 2. The summed E-state index contributed by atoms with van der Waals surface area (Å²) in [7, 11) is 2.98. The molecule has 0 aliphatic rings. The largest absolute Gasteiger partial charge is 0.504 e. The standard InChI is InChI=1S/C25H20N4O5/c1-28(17-6-9-21(30)22(31)11-17)23(32)14-29-25(33)20-12-18(34-2)7-8-19(20)24(27-29)16-5-3-4-15(10-16)13-26/h3-12,30-31H,14H2,1-2H3. The Hall–Kier alpha value is -4.84. The van der Waals surface area contributed by atoms with Crippen LogP contribution in [0.25, 0.3) is 22.0 Å². The Kier molecular flexibility index (Phi) is 5.89. The van der Waals surface area contributed by atoms with Crippen LogP contribution in [0.5, 0.6) is 17.2 Å². The van der Waals surface area contributed by atoms with Crippen molar-refractivity contribution < 1.29 is 19.7 Å². The molecule has 0 unspecified atom stereocenters. The molecular formula is C25H20N4O5. The number of fused-ring (bicyclic) bond motifs is 1. The number of hydrogen-bond donors (Lipinski definition) is 2. The Bertz CT molecular complexity index is 1520. The van der Waals surface area contributed by atoms with Gasteiger partial charge in [-0.15, -0.1) is 0 Å². The molecule has 34 heavy (non-hydrogen) atoms. The predicted molar refractivity (Wildman–Crippen MR) is 126 cm³/mol. The Labute approximate surface area is 194 Å². The van der Waals surface area contributed by atoms with Crippen LogP contribution in [0.15, 0.2) is 65.5 Å². The molecule has 9 nitrogen and oxygen atoms in total. The van der Waals surface area contributed by atoms with Gasteiger partial charge in [-0.1, -0.05) is 12.1 Å². The first kappa shape index (κ1) is 22.4. The minimum atomic E-state index is -0.482. The summed E-state index contributed by atoms with van der Waals surface area (Å²) in [5.41, 5.74) is 1.34. The third-order valence-electron chi connectivity index (χ3n) is 5.44. The Morgan fingerprint density at radius 1 is 1.09 bits per heavy atom. The number of likely N-dealkylation sites (N-methyl/N-ethyl adjacent to an activating group) is 1. The number of anilines is 1. The second-order valence-corrected chi connectivity index (χ2v) is 7.54. The van der Waals surface area contributed by atoms with E-state index in [1.807, 2.05) is 0 Å². The van der Waals surface area contributed by atoms with Gasteiger partial charge in [-0.25, -0.2) is 4.68 Å². The molecule has 0 aliphatic carbocycles. The van der Waals surface area contributed by atoms with E-state index in [9.17, 15) is 25.1 Å². The average Bonchev–Trinajstić information content (AvgIpc) is 2.86. The van der Waals surface area contributed by atoms with Crippen molar-refractivity contribution in [1.29, 1.82) is 5.26 Å². The van der Waals surface area contributed by atoms with Crippen LogP contribution in [0.4, 0.5) is 5.69 Å². The highest BCUT2D eigenvalue weighted by Gasteiger charge is 2.18. The van der Waals surface area contributed by atoms with E-state index in [1.165, 1.54) is 37.3 Å². The van der Waals surface area contributed by atoms with E-state index in [1.54, 1.807) is 42.5 Å². The lowest BCUT2D eigenvalue weighted by atomic mass is 10.0. The maximum absolute atomic E-state index is 13.2. The zero-order chi connectivity index (χ0) is 24.4. The number of benzene rings is 3. The van der Waals surface area contributed by atoms with Crippen molar-refractivity contribution in [3.05, 3.63) is 76.6 Å². The molecule has 1 heterocycles. The number of hydrogen-bond acceptors (Lipinski definition) is 7. The van der Waals surface area contributed by atoms with Crippen molar-refractivity contribution in [1.82, 2.24) is 9.78 Å². The highest BCUT2D eigenvalue weighted by molar-refractivity contribution is 5.96. The SMILES string of the molecule is COc1ccc2c(-c3cccc(C#N)c3)nn(CC(=O)N(C)c3ccc(O)c(O)c3)c(=O)c2c1. The molecule has 1 amide bonds. The third-order valence-corrected chi connectivity index (χ3v) is 5.44. The molecule has 2 N–H and O–H groups in total. The van der Waals surface area contributed by atoms with E-state index in [0.29, 0.717) is 39.0 Å².